The molecule has 1 heterocycles. The van der Waals surface area contributed by atoms with E-state index >= 15 is 0 Å². The topological polar surface area (TPSA) is 41.6 Å². The molecule has 0 saturated carbocycles. The highest BCUT2D eigenvalue weighted by molar-refractivity contribution is 5.91. The van der Waals surface area contributed by atoms with Gasteiger partial charge < -0.3 is 15.0 Å². The van der Waals surface area contributed by atoms with E-state index in [1.807, 2.05) is 30.3 Å². The number of benzene rings is 2. The molecule has 0 aliphatic carbocycles. The Balaban J connectivity index is 1.54. The molecule has 2 aromatic rings. The molecule has 0 bridgehead atoms. The van der Waals surface area contributed by atoms with Crippen molar-refractivity contribution in [3.8, 4) is 5.75 Å². The first kappa shape index (κ1) is 17.3. The van der Waals surface area contributed by atoms with Crippen molar-refractivity contribution < 1.29 is 9.53 Å². The normalized spacial score (nSPS) is 13.8. The number of amides is 1. The Hall–Kier alpha value is -2.49. The first-order chi connectivity index (χ1) is 12.2. The van der Waals surface area contributed by atoms with Gasteiger partial charge in [0, 0.05) is 30.9 Å². The maximum absolute atomic E-state index is 12.2. The maximum Gasteiger partial charge on any atom is 0.224 e. The SMILES string of the molecule is COc1ccc(CCC(=O)Nc2ccc(N3CCCC3)c(C)c2)cc1. The number of hydrogen-bond acceptors (Lipinski definition) is 3. The molecule has 1 fully saturated rings. The lowest BCUT2D eigenvalue weighted by Crippen LogP contribution is -2.19. The van der Waals surface area contributed by atoms with Gasteiger partial charge in [0.2, 0.25) is 5.91 Å². The van der Waals surface area contributed by atoms with Crippen LogP contribution in [0.4, 0.5) is 11.4 Å². The Morgan fingerprint density at radius 2 is 1.84 bits per heavy atom. The molecule has 1 aliphatic rings. The molecule has 1 N–H and O–H groups in total. The first-order valence-electron chi connectivity index (χ1n) is 8.94. The lowest BCUT2D eigenvalue weighted by atomic mass is 10.1. The van der Waals surface area contributed by atoms with Crippen LogP contribution < -0.4 is 15.0 Å². The summed E-state index contributed by atoms with van der Waals surface area (Å²) in [7, 11) is 1.65. The van der Waals surface area contributed by atoms with Crippen molar-refractivity contribution in [2.75, 3.05) is 30.4 Å². The minimum atomic E-state index is 0.0455. The quantitative estimate of drug-likeness (QED) is 0.859. The minimum Gasteiger partial charge on any atom is -0.497 e. The van der Waals surface area contributed by atoms with E-state index in [1.165, 1.54) is 24.1 Å². The van der Waals surface area contributed by atoms with Gasteiger partial charge in [-0.05, 0) is 67.6 Å². The summed E-state index contributed by atoms with van der Waals surface area (Å²) in [4.78, 5) is 14.6. The Morgan fingerprint density at radius 1 is 1.12 bits per heavy atom. The Bertz CT molecular complexity index is 719. The van der Waals surface area contributed by atoms with Crippen LogP contribution >= 0.6 is 0 Å². The molecule has 132 valence electrons. The number of nitrogens with one attached hydrogen (secondary N) is 1. The molecule has 0 radical (unpaired) electrons. The van der Waals surface area contributed by atoms with Crippen molar-refractivity contribution >= 4 is 17.3 Å². The van der Waals surface area contributed by atoms with Gasteiger partial charge in [-0.25, -0.2) is 0 Å². The van der Waals surface area contributed by atoms with Crippen molar-refractivity contribution in [2.24, 2.45) is 0 Å². The zero-order valence-corrected chi connectivity index (χ0v) is 15.0. The van der Waals surface area contributed by atoms with Gasteiger partial charge in [0.05, 0.1) is 7.11 Å². The number of ether oxygens (including phenoxy) is 1. The highest BCUT2D eigenvalue weighted by Crippen LogP contribution is 2.26. The van der Waals surface area contributed by atoms with E-state index in [9.17, 15) is 4.79 Å². The molecule has 3 rings (SSSR count). The number of carbonyl (C=O) groups excluding carboxylic acids is 1. The van der Waals surface area contributed by atoms with E-state index in [0.29, 0.717) is 6.42 Å². The summed E-state index contributed by atoms with van der Waals surface area (Å²) >= 11 is 0. The molecule has 1 amide bonds. The van der Waals surface area contributed by atoms with Gasteiger partial charge in [-0.2, -0.15) is 0 Å². The number of methoxy groups -OCH3 is 1. The molecule has 1 aliphatic heterocycles. The Morgan fingerprint density at radius 3 is 2.48 bits per heavy atom. The summed E-state index contributed by atoms with van der Waals surface area (Å²) in [5.74, 6) is 0.880. The van der Waals surface area contributed by atoms with E-state index in [0.717, 1.165) is 36.5 Å². The fourth-order valence-corrected chi connectivity index (χ4v) is 3.32. The molecule has 4 heteroatoms. The zero-order chi connectivity index (χ0) is 17.6. The summed E-state index contributed by atoms with van der Waals surface area (Å²) < 4.78 is 5.15. The van der Waals surface area contributed by atoms with Crippen LogP contribution in [0.15, 0.2) is 42.5 Å². The molecule has 0 spiro atoms. The summed E-state index contributed by atoms with van der Waals surface area (Å²) in [6.07, 6.45) is 3.73. The molecule has 0 atom stereocenters. The number of carbonyl (C=O) groups is 1. The molecular formula is C21H26N2O2. The molecule has 4 nitrogen and oxygen atoms in total. The van der Waals surface area contributed by atoms with Crippen molar-refractivity contribution in [2.45, 2.75) is 32.6 Å². The van der Waals surface area contributed by atoms with Crippen LogP contribution in [-0.4, -0.2) is 26.1 Å². The van der Waals surface area contributed by atoms with Crippen molar-refractivity contribution in [1.29, 1.82) is 0 Å². The molecule has 0 aromatic heterocycles. The van der Waals surface area contributed by atoms with Crippen molar-refractivity contribution in [1.82, 2.24) is 0 Å². The number of rotatable bonds is 6. The average molecular weight is 338 g/mol. The Labute approximate surface area is 149 Å². The van der Waals surface area contributed by atoms with E-state index < -0.39 is 0 Å². The van der Waals surface area contributed by atoms with Crippen LogP contribution in [0.1, 0.15) is 30.4 Å². The van der Waals surface area contributed by atoms with Gasteiger partial charge in [-0.3, -0.25) is 4.79 Å². The highest BCUT2D eigenvalue weighted by Gasteiger charge is 2.14. The van der Waals surface area contributed by atoms with E-state index in [2.05, 4.69) is 29.3 Å². The van der Waals surface area contributed by atoms with Gasteiger partial charge >= 0.3 is 0 Å². The minimum absolute atomic E-state index is 0.0455. The maximum atomic E-state index is 12.2. The standard InChI is InChI=1S/C21H26N2O2/c1-16-15-18(8-11-20(16)23-13-3-4-14-23)22-21(24)12-7-17-5-9-19(25-2)10-6-17/h5-6,8-11,15H,3-4,7,12-14H2,1-2H3,(H,22,24). The molecule has 2 aromatic carbocycles. The van der Waals surface area contributed by atoms with Crippen LogP contribution in [0.2, 0.25) is 0 Å². The summed E-state index contributed by atoms with van der Waals surface area (Å²) in [5.41, 5.74) is 4.51. The highest BCUT2D eigenvalue weighted by atomic mass is 16.5. The molecular weight excluding hydrogens is 312 g/mol. The predicted octanol–water partition coefficient (Wildman–Crippen LogP) is 4.18. The zero-order valence-electron chi connectivity index (χ0n) is 15.0. The van der Waals surface area contributed by atoms with E-state index in [4.69, 9.17) is 4.74 Å². The summed E-state index contributed by atoms with van der Waals surface area (Å²) in [6.45, 7) is 4.38. The van der Waals surface area contributed by atoms with Gasteiger partial charge in [0.25, 0.3) is 0 Å². The lowest BCUT2D eigenvalue weighted by Gasteiger charge is -2.20. The number of anilines is 2. The van der Waals surface area contributed by atoms with Crippen LogP contribution in [-0.2, 0) is 11.2 Å². The van der Waals surface area contributed by atoms with Gasteiger partial charge in [0.15, 0.2) is 0 Å². The Kier molecular flexibility index (Phi) is 5.59. The smallest absolute Gasteiger partial charge is 0.224 e. The van der Waals surface area contributed by atoms with E-state index in [1.54, 1.807) is 7.11 Å². The van der Waals surface area contributed by atoms with Crippen LogP contribution in [0, 0.1) is 6.92 Å². The fraction of sp³-hybridized carbons (Fsp3) is 0.381. The molecule has 25 heavy (non-hydrogen) atoms. The second kappa shape index (κ2) is 8.06. The third kappa shape index (κ3) is 4.53. The first-order valence-corrected chi connectivity index (χ1v) is 8.94. The second-order valence-electron chi connectivity index (χ2n) is 6.59. The second-order valence-corrected chi connectivity index (χ2v) is 6.59. The third-order valence-electron chi connectivity index (χ3n) is 4.73. The van der Waals surface area contributed by atoms with Crippen LogP contribution in [0.3, 0.4) is 0 Å². The number of nitrogens with zero attached hydrogens (tertiary/aromatic N) is 1. The summed E-state index contributed by atoms with van der Waals surface area (Å²) in [5, 5.41) is 3.01. The van der Waals surface area contributed by atoms with E-state index in [-0.39, 0.29) is 5.91 Å². The van der Waals surface area contributed by atoms with Gasteiger partial charge in [0.1, 0.15) is 5.75 Å². The largest absolute Gasteiger partial charge is 0.497 e. The lowest BCUT2D eigenvalue weighted by molar-refractivity contribution is -0.116. The van der Waals surface area contributed by atoms with Gasteiger partial charge in [-0.15, -0.1) is 0 Å². The van der Waals surface area contributed by atoms with Gasteiger partial charge in [-0.1, -0.05) is 12.1 Å². The predicted molar refractivity (Wildman–Crippen MR) is 103 cm³/mol. The third-order valence-corrected chi connectivity index (χ3v) is 4.73. The van der Waals surface area contributed by atoms with Crippen LogP contribution in [0.5, 0.6) is 5.75 Å². The van der Waals surface area contributed by atoms with Crippen LogP contribution in [0.25, 0.3) is 0 Å². The number of aryl methyl sites for hydroxylation is 2. The monoisotopic (exact) mass is 338 g/mol. The molecule has 1 saturated heterocycles. The average Bonchev–Trinajstić information content (AvgIpc) is 3.15. The number of hydrogen-bond donors (Lipinski definition) is 1. The molecule has 0 unspecified atom stereocenters. The summed E-state index contributed by atoms with van der Waals surface area (Å²) in [6, 6.07) is 14.0. The van der Waals surface area contributed by atoms with Crippen molar-refractivity contribution in [3.63, 3.8) is 0 Å². The van der Waals surface area contributed by atoms with Crippen molar-refractivity contribution in [3.05, 3.63) is 53.6 Å². The fourth-order valence-electron chi connectivity index (χ4n) is 3.32.